The van der Waals surface area contributed by atoms with Crippen LogP contribution in [0.4, 0.5) is 0 Å². The quantitative estimate of drug-likeness (QED) is 0.325. The SMILES string of the molecule is CCCCCCCCCOc1ccc(-c2nnc(-c3cc(C)ccc3C)o2)cc1. The third-order valence-electron chi connectivity index (χ3n) is 5.17. The maximum Gasteiger partial charge on any atom is 0.248 e. The second kappa shape index (κ2) is 10.8. The van der Waals surface area contributed by atoms with E-state index >= 15 is 0 Å². The number of ether oxygens (including phenoxy) is 1. The Balaban J connectivity index is 1.50. The molecule has 0 N–H and O–H groups in total. The molecular weight excluding hydrogens is 360 g/mol. The van der Waals surface area contributed by atoms with E-state index in [2.05, 4.69) is 49.2 Å². The Labute approximate surface area is 174 Å². The molecule has 3 aromatic rings. The molecule has 0 unspecified atom stereocenters. The Kier molecular flexibility index (Phi) is 7.85. The van der Waals surface area contributed by atoms with Gasteiger partial charge in [0.15, 0.2) is 0 Å². The molecule has 0 fully saturated rings. The third kappa shape index (κ3) is 6.18. The first-order chi connectivity index (χ1) is 14.2. The molecule has 0 spiro atoms. The van der Waals surface area contributed by atoms with Crippen molar-refractivity contribution in [3.05, 3.63) is 53.6 Å². The number of benzene rings is 2. The van der Waals surface area contributed by atoms with Crippen LogP contribution in [0, 0.1) is 13.8 Å². The minimum Gasteiger partial charge on any atom is -0.494 e. The van der Waals surface area contributed by atoms with Gasteiger partial charge in [-0.15, -0.1) is 10.2 Å². The van der Waals surface area contributed by atoms with E-state index in [9.17, 15) is 0 Å². The number of hydrogen-bond acceptors (Lipinski definition) is 4. The fraction of sp³-hybridized carbons (Fsp3) is 0.440. The summed E-state index contributed by atoms with van der Waals surface area (Å²) in [6, 6.07) is 14.1. The van der Waals surface area contributed by atoms with Gasteiger partial charge in [-0.3, -0.25) is 0 Å². The molecule has 2 aromatic carbocycles. The van der Waals surface area contributed by atoms with E-state index in [1.807, 2.05) is 24.3 Å². The van der Waals surface area contributed by atoms with Gasteiger partial charge in [0.1, 0.15) is 5.75 Å². The fourth-order valence-electron chi connectivity index (χ4n) is 3.36. The summed E-state index contributed by atoms with van der Waals surface area (Å²) < 4.78 is 11.8. The normalized spacial score (nSPS) is 11.0. The van der Waals surface area contributed by atoms with E-state index in [-0.39, 0.29) is 0 Å². The van der Waals surface area contributed by atoms with Crippen molar-refractivity contribution in [2.75, 3.05) is 6.61 Å². The van der Waals surface area contributed by atoms with Crippen LogP contribution in [0.2, 0.25) is 0 Å². The van der Waals surface area contributed by atoms with Gasteiger partial charge >= 0.3 is 0 Å². The van der Waals surface area contributed by atoms with Crippen LogP contribution >= 0.6 is 0 Å². The summed E-state index contributed by atoms with van der Waals surface area (Å²) in [4.78, 5) is 0. The summed E-state index contributed by atoms with van der Waals surface area (Å²) in [6.45, 7) is 7.13. The Morgan fingerprint density at radius 3 is 2.24 bits per heavy atom. The molecule has 4 heteroatoms. The van der Waals surface area contributed by atoms with Crippen LogP contribution in [0.3, 0.4) is 0 Å². The Bertz CT molecular complexity index is 884. The van der Waals surface area contributed by atoms with Crippen LogP contribution in [0.1, 0.15) is 63.0 Å². The number of hydrogen-bond donors (Lipinski definition) is 0. The molecule has 0 aliphatic rings. The molecule has 154 valence electrons. The summed E-state index contributed by atoms with van der Waals surface area (Å²) in [6.07, 6.45) is 9.02. The number of unbranched alkanes of at least 4 members (excludes halogenated alkanes) is 6. The number of aromatic nitrogens is 2. The predicted molar refractivity (Wildman–Crippen MR) is 118 cm³/mol. The molecule has 1 heterocycles. The molecule has 0 radical (unpaired) electrons. The molecule has 0 saturated carbocycles. The standard InChI is InChI=1S/C25H32N2O2/c1-4-5-6-7-8-9-10-17-28-22-15-13-21(14-16-22)24-26-27-25(29-24)23-18-19(2)11-12-20(23)3/h11-16,18H,4-10,17H2,1-3H3. The summed E-state index contributed by atoms with van der Waals surface area (Å²) in [5.74, 6) is 1.97. The van der Waals surface area contributed by atoms with Gasteiger partial charge in [-0.1, -0.05) is 63.1 Å². The van der Waals surface area contributed by atoms with Crippen molar-refractivity contribution < 1.29 is 9.15 Å². The van der Waals surface area contributed by atoms with Crippen molar-refractivity contribution in [3.8, 4) is 28.7 Å². The van der Waals surface area contributed by atoms with Gasteiger partial charge in [0.25, 0.3) is 0 Å². The zero-order chi connectivity index (χ0) is 20.5. The molecule has 1 aromatic heterocycles. The molecule has 0 aliphatic heterocycles. The lowest BCUT2D eigenvalue weighted by molar-refractivity contribution is 0.304. The fourth-order valence-corrected chi connectivity index (χ4v) is 3.36. The van der Waals surface area contributed by atoms with Crippen LogP contribution in [-0.4, -0.2) is 16.8 Å². The van der Waals surface area contributed by atoms with Crippen molar-refractivity contribution in [2.24, 2.45) is 0 Å². The van der Waals surface area contributed by atoms with E-state index in [1.165, 1.54) is 44.1 Å². The Morgan fingerprint density at radius 2 is 1.48 bits per heavy atom. The highest BCUT2D eigenvalue weighted by atomic mass is 16.5. The molecular formula is C25H32N2O2. The number of aryl methyl sites for hydroxylation is 2. The topological polar surface area (TPSA) is 48.2 Å². The highest BCUT2D eigenvalue weighted by Gasteiger charge is 2.12. The van der Waals surface area contributed by atoms with Crippen molar-refractivity contribution in [1.29, 1.82) is 0 Å². The first-order valence-corrected chi connectivity index (χ1v) is 10.8. The first kappa shape index (κ1) is 21.1. The highest BCUT2D eigenvalue weighted by molar-refractivity contribution is 5.62. The largest absolute Gasteiger partial charge is 0.494 e. The zero-order valence-electron chi connectivity index (χ0n) is 17.9. The van der Waals surface area contributed by atoms with Gasteiger partial charge in [0, 0.05) is 11.1 Å². The molecule has 4 nitrogen and oxygen atoms in total. The van der Waals surface area contributed by atoms with Gasteiger partial charge in [-0.05, 0) is 56.2 Å². The van der Waals surface area contributed by atoms with Crippen molar-refractivity contribution in [3.63, 3.8) is 0 Å². The zero-order valence-corrected chi connectivity index (χ0v) is 17.9. The van der Waals surface area contributed by atoms with Gasteiger partial charge in [0.2, 0.25) is 11.8 Å². The second-order valence-corrected chi connectivity index (χ2v) is 7.72. The van der Waals surface area contributed by atoms with Gasteiger partial charge < -0.3 is 9.15 Å². The van der Waals surface area contributed by atoms with Crippen molar-refractivity contribution >= 4 is 0 Å². The van der Waals surface area contributed by atoms with Crippen LogP contribution in [-0.2, 0) is 0 Å². The minimum absolute atomic E-state index is 0.527. The molecule has 0 saturated heterocycles. The molecule has 0 bridgehead atoms. The van der Waals surface area contributed by atoms with Gasteiger partial charge in [0.05, 0.1) is 6.61 Å². The molecule has 3 rings (SSSR count). The lowest BCUT2D eigenvalue weighted by atomic mass is 10.1. The van der Waals surface area contributed by atoms with E-state index < -0.39 is 0 Å². The molecule has 29 heavy (non-hydrogen) atoms. The Hall–Kier alpha value is -2.62. The van der Waals surface area contributed by atoms with Crippen molar-refractivity contribution in [2.45, 2.75) is 65.7 Å². The lowest BCUT2D eigenvalue weighted by Crippen LogP contribution is -1.97. The average molecular weight is 393 g/mol. The second-order valence-electron chi connectivity index (χ2n) is 7.72. The van der Waals surface area contributed by atoms with E-state index in [0.29, 0.717) is 11.8 Å². The lowest BCUT2D eigenvalue weighted by Gasteiger charge is -2.06. The molecule has 0 atom stereocenters. The number of rotatable bonds is 11. The van der Waals surface area contributed by atoms with Crippen LogP contribution < -0.4 is 4.74 Å². The summed E-state index contributed by atoms with van der Waals surface area (Å²) in [7, 11) is 0. The minimum atomic E-state index is 0.527. The monoisotopic (exact) mass is 392 g/mol. The first-order valence-electron chi connectivity index (χ1n) is 10.8. The smallest absolute Gasteiger partial charge is 0.248 e. The summed E-state index contributed by atoms with van der Waals surface area (Å²) in [5.41, 5.74) is 4.18. The van der Waals surface area contributed by atoms with Crippen LogP contribution in [0.5, 0.6) is 5.75 Å². The van der Waals surface area contributed by atoms with Gasteiger partial charge in [-0.2, -0.15) is 0 Å². The summed E-state index contributed by atoms with van der Waals surface area (Å²) >= 11 is 0. The maximum atomic E-state index is 5.92. The van der Waals surface area contributed by atoms with Crippen LogP contribution in [0.15, 0.2) is 46.9 Å². The summed E-state index contributed by atoms with van der Waals surface area (Å²) in [5, 5.41) is 8.46. The third-order valence-corrected chi connectivity index (χ3v) is 5.17. The highest BCUT2D eigenvalue weighted by Crippen LogP contribution is 2.28. The van der Waals surface area contributed by atoms with E-state index in [0.717, 1.165) is 35.5 Å². The van der Waals surface area contributed by atoms with Gasteiger partial charge in [-0.25, -0.2) is 0 Å². The molecule has 0 aliphatic carbocycles. The van der Waals surface area contributed by atoms with Crippen molar-refractivity contribution in [1.82, 2.24) is 10.2 Å². The predicted octanol–water partition coefficient (Wildman–Crippen LogP) is 7.15. The average Bonchev–Trinajstić information content (AvgIpc) is 3.22. The van der Waals surface area contributed by atoms with E-state index in [4.69, 9.17) is 9.15 Å². The Morgan fingerprint density at radius 1 is 0.793 bits per heavy atom. The maximum absolute atomic E-state index is 5.92. The number of nitrogens with zero attached hydrogens (tertiary/aromatic N) is 2. The van der Waals surface area contributed by atoms with Crippen LogP contribution in [0.25, 0.3) is 22.9 Å². The molecule has 0 amide bonds. The van der Waals surface area contributed by atoms with E-state index in [1.54, 1.807) is 0 Å².